The summed E-state index contributed by atoms with van der Waals surface area (Å²) in [7, 11) is 0. The van der Waals surface area contributed by atoms with Crippen LogP contribution >= 0.6 is 11.8 Å². The van der Waals surface area contributed by atoms with Gasteiger partial charge in [-0.25, -0.2) is 9.37 Å². The van der Waals surface area contributed by atoms with Crippen LogP contribution in [0.3, 0.4) is 0 Å². The van der Waals surface area contributed by atoms with E-state index in [1.807, 2.05) is 30.3 Å². The van der Waals surface area contributed by atoms with Crippen molar-refractivity contribution in [3.05, 3.63) is 94.3 Å². The van der Waals surface area contributed by atoms with Gasteiger partial charge in [-0.3, -0.25) is 14.3 Å². The van der Waals surface area contributed by atoms with Gasteiger partial charge in [0, 0.05) is 11.9 Å². The van der Waals surface area contributed by atoms with E-state index in [4.69, 9.17) is 0 Å². The molecule has 0 unspecified atom stereocenters. The third kappa shape index (κ3) is 3.48. The van der Waals surface area contributed by atoms with Crippen LogP contribution < -0.4 is 5.56 Å². The second-order valence-electron chi connectivity index (χ2n) is 6.10. The number of hydrogen-bond donors (Lipinski definition) is 0. The topological polar surface area (TPSA) is 47.8 Å². The quantitative estimate of drug-likeness (QED) is 0.387. The van der Waals surface area contributed by atoms with Gasteiger partial charge in [-0.05, 0) is 48.9 Å². The van der Waals surface area contributed by atoms with Crippen LogP contribution in [0, 0.1) is 12.7 Å². The van der Waals surface area contributed by atoms with Gasteiger partial charge in [-0.1, -0.05) is 36.0 Å². The van der Waals surface area contributed by atoms with Gasteiger partial charge in [0.2, 0.25) is 0 Å². The first-order valence-corrected chi connectivity index (χ1v) is 9.43. The molecule has 0 bridgehead atoms. The van der Waals surface area contributed by atoms with Crippen molar-refractivity contribution >= 4 is 22.7 Å². The fourth-order valence-electron chi connectivity index (χ4n) is 2.78. The van der Waals surface area contributed by atoms with Crippen LogP contribution in [0.2, 0.25) is 0 Å². The van der Waals surface area contributed by atoms with E-state index in [1.54, 1.807) is 37.4 Å². The van der Waals surface area contributed by atoms with E-state index in [9.17, 15) is 9.18 Å². The van der Waals surface area contributed by atoms with Crippen molar-refractivity contribution in [3.8, 4) is 5.69 Å². The highest BCUT2D eigenvalue weighted by Gasteiger charge is 2.14. The Bertz CT molecular complexity index is 1180. The zero-order chi connectivity index (χ0) is 18.8. The SMILES string of the molecule is Cc1ccc(-n2c(SCc3ccccn3)nc3ccccc3c2=O)cc1F. The normalized spacial score (nSPS) is 11.0. The molecule has 27 heavy (non-hydrogen) atoms. The molecule has 0 aliphatic rings. The summed E-state index contributed by atoms with van der Waals surface area (Å²) in [6, 6.07) is 17.7. The molecule has 0 atom stereocenters. The summed E-state index contributed by atoms with van der Waals surface area (Å²) in [5.74, 6) is 0.202. The van der Waals surface area contributed by atoms with Crippen LogP contribution in [-0.2, 0) is 5.75 Å². The highest BCUT2D eigenvalue weighted by Crippen LogP contribution is 2.24. The molecule has 0 spiro atoms. The number of thioether (sulfide) groups is 1. The molecule has 4 rings (SSSR count). The highest BCUT2D eigenvalue weighted by atomic mass is 32.2. The predicted octanol–water partition coefficient (Wildman–Crippen LogP) is 4.52. The molecule has 0 aliphatic heterocycles. The number of rotatable bonds is 4. The van der Waals surface area contributed by atoms with Gasteiger partial charge in [0.15, 0.2) is 5.16 Å². The summed E-state index contributed by atoms with van der Waals surface area (Å²) in [6.07, 6.45) is 1.73. The average molecular weight is 377 g/mol. The highest BCUT2D eigenvalue weighted by molar-refractivity contribution is 7.98. The first-order valence-electron chi connectivity index (χ1n) is 8.44. The van der Waals surface area contributed by atoms with Crippen LogP contribution in [0.15, 0.2) is 76.8 Å². The molecule has 0 amide bonds. The molecular weight excluding hydrogens is 361 g/mol. The van der Waals surface area contributed by atoms with Crippen LogP contribution in [0.4, 0.5) is 4.39 Å². The maximum atomic E-state index is 14.1. The summed E-state index contributed by atoms with van der Waals surface area (Å²) < 4.78 is 15.6. The number of hydrogen-bond acceptors (Lipinski definition) is 4. The van der Waals surface area contributed by atoms with Crippen LogP contribution in [0.25, 0.3) is 16.6 Å². The number of nitrogens with zero attached hydrogens (tertiary/aromatic N) is 3. The number of aromatic nitrogens is 3. The fraction of sp³-hybridized carbons (Fsp3) is 0.0952. The minimum Gasteiger partial charge on any atom is -0.268 e. The number of aryl methyl sites for hydroxylation is 1. The summed E-state index contributed by atoms with van der Waals surface area (Å²) in [4.78, 5) is 22.1. The molecule has 0 fully saturated rings. The van der Waals surface area contributed by atoms with Gasteiger partial charge in [0.25, 0.3) is 5.56 Å². The van der Waals surface area contributed by atoms with E-state index in [0.717, 1.165) is 5.69 Å². The van der Waals surface area contributed by atoms with Gasteiger partial charge >= 0.3 is 0 Å². The van der Waals surface area contributed by atoms with E-state index in [0.29, 0.717) is 33.1 Å². The molecule has 0 N–H and O–H groups in total. The molecule has 134 valence electrons. The van der Waals surface area contributed by atoms with Crippen molar-refractivity contribution in [2.75, 3.05) is 0 Å². The van der Waals surface area contributed by atoms with E-state index in [2.05, 4.69) is 9.97 Å². The zero-order valence-electron chi connectivity index (χ0n) is 14.6. The maximum Gasteiger partial charge on any atom is 0.266 e. The number of pyridine rings is 1. The number of para-hydroxylation sites is 1. The van der Waals surface area contributed by atoms with Crippen LogP contribution in [-0.4, -0.2) is 14.5 Å². The number of halogens is 1. The monoisotopic (exact) mass is 377 g/mol. The first-order chi connectivity index (χ1) is 13.1. The Kier molecular flexibility index (Phi) is 4.73. The molecule has 2 aromatic carbocycles. The van der Waals surface area contributed by atoms with Gasteiger partial charge < -0.3 is 0 Å². The Morgan fingerprint density at radius 1 is 1.07 bits per heavy atom. The Morgan fingerprint density at radius 2 is 1.89 bits per heavy atom. The molecule has 0 aliphatic carbocycles. The Hall–Kier alpha value is -2.99. The van der Waals surface area contributed by atoms with Crippen molar-refractivity contribution in [2.24, 2.45) is 0 Å². The van der Waals surface area contributed by atoms with Crippen molar-refractivity contribution in [1.29, 1.82) is 0 Å². The van der Waals surface area contributed by atoms with Gasteiger partial charge in [0.05, 0.1) is 22.3 Å². The van der Waals surface area contributed by atoms with E-state index >= 15 is 0 Å². The largest absolute Gasteiger partial charge is 0.268 e. The summed E-state index contributed by atoms with van der Waals surface area (Å²) in [5, 5.41) is 1.01. The maximum absolute atomic E-state index is 14.1. The standard InChI is InChI=1S/C21H16FN3OS/c1-14-9-10-16(12-18(14)22)25-20(26)17-7-2-3-8-19(17)24-21(25)27-13-15-6-4-5-11-23-15/h2-12H,13H2,1H3. The van der Waals surface area contributed by atoms with E-state index in [1.165, 1.54) is 22.4 Å². The molecule has 4 nitrogen and oxygen atoms in total. The van der Waals surface area contributed by atoms with Crippen LogP contribution in [0.1, 0.15) is 11.3 Å². The zero-order valence-corrected chi connectivity index (χ0v) is 15.4. The molecule has 2 heterocycles. The fourth-order valence-corrected chi connectivity index (χ4v) is 3.71. The minimum atomic E-state index is -0.353. The molecule has 4 aromatic rings. The molecule has 0 saturated carbocycles. The Morgan fingerprint density at radius 3 is 2.67 bits per heavy atom. The summed E-state index contributed by atoms with van der Waals surface area (Å²) in [6.45, 7) is 1.69. The predicted molar refractivity (Wildman–Crippen MR) is 106 cm³/mol. The Labute approximate surface area is 159 Å². The molecule has 0 radical (unpaired) electrons. The molecule has 0 saturated heterocycles. The lowest BCUT2D eigenvalue weighted by Gasteiger charge is -2.13. The second-order valence-corrected chi connectivity index (χ2v) is 7.04. The lowest BCUT2D eigenvalue weighted by Crippen LogP contribution is -2.22. The second kappa shape index (κ2) is 7.32. The molecule has 2 aromatic heterocycles. The number of benzene rings is 2. The Balaban J connectivity index is 1.87. The van der Waals surface area contributed by atoms with Gasteiger partial charge in [0.1, 0.15) is 5.82 Å². The van der Waals surface area contributed by atoms with Crippen molar-refractivity contribution < 1.29 is 4.39 Å². The molecular formula is C21H16FN3OS. The van der Waals surface area contributed by atoms with Crippen molar-refractivity contribution in [1.82, 2.24) is 14.5 Å². The third-order valence-corrected chi connectivity index (χ3v) is 5.21. The lowest BCUT2D eigenvalue weighted by atomic mass is 10.2. The third-order valence-electron chi connectivity index (χ3n) is 4.23. The van der Waals surface area contributed by atoms with E-state index in [-0.39, 0.29) is 11.4 Å². The average Bonchev–Trinajstić information content (AvgIpc) is 2.70. The lowest BCUT2D eigenvalue weighted by molar-refractivity contribution is 0.615. The first kappa shape index (κ1) is 17.4. The smallest absolute Gasteiger partial charge is 0.266 e. The van der Waals surface area contributed by atoms with Crippen LogP contribution in [0.5, 0.6) is 0 Å². The van der Waals surface area contributed by atoms with Crippen molar-refractivity contribution in [3.63, 3.8) is 0 Å². The summed E-state index contributed by atoms with van der Waals surface area (Å²) >= 11 is 1.40. The van der Waals surface area contributed by atoms with Crippen molar-refractivity contribution in [2.45, 2.75) is 17.8 Å². The van der Waals surface area contributed by atoms with E-state index < -0.39 is 0 Å². The van der Waals surface area contributed by atoms with Gasteiger partial charge in [-0.2, -0.15) is 0 Å². The minimum absolute atomic E-state index is 0.215. The summed E-state index contributed by atoms with van der Waals surface area (Å²) in [5.41, 5.74) is 2.28. The number of fused-ring (bicyclic) bond motifs is 1. The molecule has 6 heteroatoms. The van der Waals surface area contributed by atoms with Gasteiger partial charge in [-0.15, -0.1) is 0 Å².